The van der Waals surface area contributed by atoms with E-state index in [1.807, 2.05) is 0 Å². The summed E-state index contributed by atoms with van der Waals surface area (Å²) in [7, 11) is 1.51. The van der Waals surface area contributed by atoms with Gasteiger partial charge in [-0.3, -0.25) is 4.79 Å². The Morgan fingerprint density at radius 3 is 2.57 bits per heavy atom. The first-order chi connectivity index (χ1) is 14.3. The normalized spacial score (nSPS) is 22.9. The van der Waals surface area contributed by atoms with Crippen LogP contribution in [0.4, 0.5) is 13.2 Å². The van der Waals surface area contributed by atoms with Crippen LogP contribution in [-0.2, 0) is 11.0 Å². The van der Waals surface area contributed by atoms with Gasteiger partial charge in [0.1, 0.15) is 11.4 Å². The molecule has 0 saturated heterocycles. The molecule has 2 bridgehead atoms. The topological polar surface area (TPSA) is 64.1 Å². The van der Waals surface area contributed by atoms with Crippen LogP contribution in [-0.4, -0.2) is 34.8 Å². The van der Waals surface area contributed by atoms with Crippen LogP contribution in [0.25, 0.3) is 11.3 Å². The lowest BCUT2D eigenvalue weighted by Gasteiger charge is -2.22. The van der Waals surface area contributed by atoms with E-state index in [-0.39, 0.29) is 28.6 Å². The number of halogens is 3. The van der Waals surface area contributed by atoms with Gasteiger partial charge >= 0.3 is 6.18 Å². The number of aromatic nitrogens is 2. The van der Waals surface area contributed by atoms with Crippen molar-refractivity contribution >= 4 is 17.7 Å². The molecule has 1 aromatic carbocycles. The van der Waals surface area contributed by atoms with Gasteiger partial charge in [0.05, 0.1) is 18.6 Å². The summed E-state index contributed by atoms with van der Waals surface area (Å²) in [4.78, 5) is 20.2. The molecule has 0 aliphatic heterocycles. The van der Waals surface area contributed by atoms with Gasteiger partial charge in [-0.15, -0.1) is 0 Å². The molecule has 1 N–H and O–H groups in total. The molecule has 3 atom stereocenters. The molecular weight excluding hydrogens is 415 g/mol. The van der Waals surface area contributed by atoms with Gasteiger partial charge in [-0.25, -0.2) is 9.97 Å². The van der Waals surface area contributed by atoms with Crippen molar-refractivity contribution in [2.24, 2.45) is 11.8 Å². The number of methoxy groups -OCH3 is 1. The van der Waals surface area contributed by atoms with E-state index in [2.05, 4.69) is 15.3 Å². The van der Waals surface area contributed by atoms with Gasteiger partial charge in [-0.2, -0.15) is 13.2 Å². The number of hydrogen-bond donors (Lipinski definition) is 1. The van der Waals surface area contributed by atoms with Crippen LogP contribution in [0, 0.1) is 11.8 Å². The van der Waals surface area contributed by atoms with Crippen LogP contribution in [0.3, 0.4) is 0 Å². The molecule has 2 aliphatic carbocycles. The molecule has 2 fully saturated rings. The smallest absolute Gasteiger partial charge is 0.433 e. The number of nitrogens with one attached hydrogen (secondary N) is 1. The molecule has 0 unspecified atom stereocenters. The summed E-state index contributed by atoms with van der Waals surface area (Å²) in [5.41, 5.74) is -0.368. The average Bonchev–Trinajstić information content (AvgIpc) is 3.35. The van der Waals surface area contributed by atoms with Crippen LogP contribution in [0.2, 0.25) is 0 Å². The summed E-state index contributed by atoms with van der Waals surface area (Å²) in [6.07, 6.45) is -0.0592. The molecule has 1 amide bonds. The van der Waals surface area contributed by atoms with Crippen LogP contribution < -0.4 is 10.1 Å². The third-order valence-corrected chi connectivity index (χ3v) is 6.65. The third kappa shape index (κ3) is 4.71. The zero-order chi connectivity index (χ0) is 21.3. The van der Waals surface area contributed by atoms with E-state index in [1.54, 1.807) is 24.3 Å². The highest BCUT2D eigenvalue weighted by Crippen LogP contribution is 2.44. The molecule has 1 aromatic heterocycles. The lowest BCUT2D eigenvalue weighted by atomic mass is 9.95. The molecule has 4 rings (SSSR count). The maximum Gasteiger partial charge on any atom is 0.433 e. The Kier molecular flexibility index (Phi) is 5.90. The summed E-state index contributed by atoms with van der Waals surface area (Å²) in [5.74, 6) is 1.62. The second kappa shape index (κ2) is 8.45. The molecule has 0 radical (unpaired) electrons. The van der Waals surface area contributed by atoms with E-state index in [4.69, 9.17) is 4.74 Å². The van der Waals surface area contributed by atoms with E-state index >= 15 is 0 Å². The van der Waals surface area contributed by atoms with Crippen molar-refractivity contribution in [3.05, 3.63) is 36.0 Å². The molecule has 9 heteroatoms. The van der Waals surface area contributed by atoms with Gasteiger partial charge in [-0.05, 0) is 61.4 Å². The van der Waals surface area contributed by atoms with Crippen molar-refractivity contribution in [1.82, 2.24) is 15.3 Å². The van der Waals surface area contributed by atoms with Crippen LogP contribution in [0.5, 0.6) is 5.75 Å². The Morgan fingerprint density at radius 1 is 1.20 bits per heavy atom. The highest BCUT2D eigenvalue weighted by molar-refractivity contribution is 7.99. The minimum absolute atomic E-state index is 0.0166. The number of ether oxygens (including phenoxy) is 1. The largest absolute Gasteiger partial charge is 0.497 e. The number of benzene rings is 1. The highest BCUT2D eigenvalue weighted by atomic mass is 32.2. The molecular formula is C21H22F3N3O2S. The Hall–Kier alpha value is -2.29. The molecule has 2 saturated carbocycles. The maximum atomic E-state index is 13.3. The number of rotatable bonds is 6. The predicted molar refractivity (Wildman–Crippen MR) is 107 cm³/mol. The van der Waals surface area contributed by atoms with Crippen LogP contribution >= 0.6 is 11.8 Å². The zero-order valence-electron chi connectivity index (χ0n) is 16.4. The number of alkyl halides is 3. The van der Waals surface area contributed by atoms with Gasteiger partial charge < -0.3 is 10.1 Å². The van der Waals surface area contributed by atoms with Crippen molar-refractivity contribution in [1.29, 1.82) is 0 Å². The molecule has 5 nitrogen and oxygen atoms in total. The molecule has 30 heavy (non-hydrogen) atoms. The number of carbonyl (C=O) groups is 1. The first kappa shape index (κ1) is 21.0. The minimum Gasteiger partial charge on any atom is -0.497 e. The van der Waals surface area contributed by atoms with Crippen LogP contribution in [0.15, 0.2) is 35.5 Å². The molecule has 2 aromatic rings. The first-order valence-corrected chi connectivity index (χ1v) is 10.8. The van der Waals surface area contributed by atoms with Crippen molar-refractivity contribution in [3.8, 4) is 17.0 Å². The minimum atomic E-state index is -4.61. The number of hydrogen-bond acceptors (Lipinski definition) is 5. The van der Waals surface area contributed by atoms with Crippen molar-refractivity contribution in [2.75, 3.05) is 12.9 Å². The maximum absolute atomic E-state index is 13.3. The van der Waals surface area contributed by atoms with E-state index < -0.39 is 11.9 Å². The quantitative estimate of drug-likeness (QED) is 0.530. The highest BCUT2D eigenvalue weighted by Gasteiger charge is 2.40. The van der Waals surface area contributed by atoms with E-state index in [9.17, 15) is 18.0 Å². The lowest BCUT2D eigenvalue weighted by molar-refractivity contribution is -0.141. The molecule has 2 aliphatic rings. The Bertz CT molecular complexity index is 921. The number of thioether (sulfide) groups is 1. The van der Waals surface area contributed by atoms with E-state index in [0.717, 1.165) is 30.7 Å². The average molecular weight is 437 g/mol. The van der Waals surface area contributed by atoms with Gasteiger partial charge in [0.25, 0.3) is 0 Å². The Balaban J connectivity index is 1.48. The monoisotopic (exact) mass is 437 g/mol. The fourth-order valence-electron chi connectivity index (χ4n) is 4.34. The summed E-state index contributed by atoms with van der Waals surface area (Å²) in [6, 6.07) is 7.69. The summed E-state index contributed by atoms with van der Waals surface area (Å²) >= 11 is 0.920. The van der Waals surface area contributed by atoms with E-state index in [1.165, 1.54) is 20.0 Å². The molecule has 160 valence electrons. The predicted octanol–water partition coefficient (Wildman–Crippen LogP) is 4.57. The second-order valence-electron chi connectivity index (χ2n) is 7.78. The van der Waals surface area contributed by atoms with Gasteiger partial charge in [0.2, 0.25) is 5.91 Å². The van der Waals surface area contributed by atoms with Crippen molar-refractivity contribution in [2.45, 2.75) is 43.1 Å². The fourth-order valence-corrected chi connectivity index (χ4v) is 5.01. The fraction of sp³-hybridized carbons (Fsp3) is 0.476. The second-order valence-corrected chi connectivity index (χ2v) is 8.73. The van der Waals surface area contributed by atoms with Crippen LogP contribution in [0.1, 0.15) is 31.4 Å². The number of nitrogens with zero attached hydrogens (tertiary/aromatic N) is 2. The number of fused-ring (bicyclic) bond motifs is 2. The molecule has 1 heterocycles. The number of amides is 1. The zero-order valence-corrected chi connectivity index (χ0v) is 17.2. The third-order valence-electron chi connectivity index (χ3n) is 5.80. The Labute approximate surface area is 176 Å². The lowest BCUT2D eigenvalue weighted by Crippen LogP contribution is -2.39. The van der Waals surface area contributed by atoms with Crippen molar-refractivity contribution < 1.29 is 22.7 Å². The Morgan fingerprint density at radius 2 is 1.97 bits per heavy atom. The van der Waals surface area contributed by atoms with Gasteiger partial charge in [-0.1, -0.05) is 18.2 Å². The van der Waals surface area contributed by atoms with Gasteiger partial charge in [0, 0.05) is 11.6 Å². The summed E-state index contributed by atoms with van der Waals surface area (Å²) < 4.78 is 45.1. The molecule has 0 spiro atoms. The van der Waals surface area contributed by atoms with E-state index in [0.29, 0.717) is 23.1 Å². The number of carbonyl (C=O) groups excluding carboxylic acids is 1. The SMILES string of the molecule is COc1ccc(-c2cc(C(F)(F)F)nc(SCC(=O)N[C@H]3C[C@H]4CC[C@H]3C4)n2)cc1. The standard InChI is InChI=1S/C21H22F3N3O2S/c1-29-15-6-4-13(5-7-15)17-10-18(21(22,23)24)27-20(26-17)30-11-19(28)25-16-9-12-2-3-14(16)8-12/h4-7,10,12,14,16H,2-3,8-9,11H2,1H3,(H,25,28)/t12-,14-,16-/m0/s1. The van der Waals surface area contributed by atoms with Crippen molar-refractivity contribution in [3.63, 3.8) is 0 Å². The van der Waals surface area contributed by atoms with Gasteiger partial charge in [0.15, 0.2) is 5.16 Å². The summed E-state index contributed by atoms with van der Waals surface area (Å²) in [5, 5.41) is 2.96. The summed E-state index contributed by atoms with van der Waals surface area (Å²) in [6.45, 7) is 0. The first-order valence-electron chi connectivity index (χ1n) is 9.84.